The van der Waals surface area contributed by atoms with Gasteiger partial charge in [-0.3, -0.25) is 0 Å². The summed E-state index contributed by atoms with van der Waals surface area (Å²) in [4.78, 5) is 4.12. The summed E-state index contributed by atoms with van der Waals surface area (Å²) in [6.07, 6.45) is 0. The molecule has 0 unspecified atom stereocenters. The van der Waals surface area contributed by atoms with Crippen LogP contribution in [0, 0.1) is 3.57 Å². The van der Waals surface area contributed by atoms with Crippen LogP contribution in [-0.2, 0) is 6.54 Å². The van der Waals surface area contributed by atoms with E-state index in [0.717, 1.165) is 5.56 Å². The molecule has 1 aromatic heterocycles. The van der Waals surface area contributed by atoms with Gasteiger partial charge in [-0.15, -0.1) is 0 Å². The minimum atomic E-state index is 0.275. The molecule has 0 fully saturated rings. The first-order valence-electron chi connectivity index (χ1n) is 4.08. The van der Waals surface area contributed by atoms with Crippen molar-refractivity contribution in [3.63, 3.8) is 0 Å². The molecular weight excluding hydrogens is 293 g/mol. The van der Waals surface area contributed by atoms with Gasteiger partial charge < -0.3 is 10.3 Å². The van der Waals surface area contributed by atoms with Crippen LogP contribution in [0.5, 0.6) is 0 Å². The van der Waals surface area contributed by atoms with Crippen LogP contribution in [0.2, 0.25) is 0 Å². The Labute approximate surface area is 94.6 Å². The standard InChI is InChI=1S/C9H8IN3O/c10-7-3-1-6(2-4-7)9-12-8(5-11)14-13-9/h1-4H,5,11H2. The van der Waals surface area contributed by atoms with Crippen LogP contribution in [0.3, 0.4) is 0 Å². The molecule has 1 aromatic carbocycles. The number of hydrogen-bond donors (Lipinski definition) is 1. The molecule has 5 heteroatoms. The predicted molar refractivity (Wildman–Crippen MR) is 60.3 cm³/mol. The third kappa shape index (κ3) is 1.93. The highest BCUT2D eigenvalue weighted by Crippen LogP contribution is 2.16. The number of benzene rings is 1. The fourth-order valence-corrected chi connectivity index (χ4v) is 1.41. The third-order valence-electron chi connectivity index (χ3n) is 1.75. The van der Waals surface area contributed by atoms with Gasteiger partial charge in [-0.2, -0.15) is 4.98 Å². The van der Waals surface area contributed by atoms with Crippen molar-refractivity contribution in [2.24, 2.45) is 5.73 Å². The second-order valence-corrected chi connectivity index (χ2v) is 3.97. The molecule has 72 valence electrons. The van der Waals surface area contributed by atoms with Crippen LogP contribution in [0.1, 0.15) is 5.89 Å². The van der Waals surface area contributed by atoms with Crippen LogP contribution >= 0.6 is 22.6 Å². The molecule has 2 aromatic rings. The van der Waals surface area contributed by atoms with Gasteiger partial charge in [0.05, 0.1) is 6.54 Å². The largest absolute Gasteiger partial charge is 0.338 e. The zero-order valence-corrected chi connectivity index (χ0v) is 9.43. The smallest absolute Gasteiger partial charge is 0.240 e. The predicted octanol–water partition coefficient (Wildman–Crippen LogP) is 1.80. The van der Waals surface area contributed by atoms with Crippen molar-refractivity contribution in [2.75, 3.05) is 0 Å². The minimum Gasteiger partial charge on any atom is -0.338 e. The van der Waals surface area contributed by atoms with Gasteiger partial charge in [-0.05, 0) is 34.7 Å². The number of rotatable bonds is 2. The average molecular weight is 301 g/mol. The number of nitrogens with zero attached hydrogens (tertiary/aromatic N) is 2. The monoisotopic (exact) mass is 301 g/mol. The summed E-state index contributed by atoms with van der Waals surface area (Å²) >= 11 is 2.24. The summed E-state index contributed by atoms with van der Waals surface area (Å²) < 4.78 is 6.09. The molecule has 0 radical (unpaired) electrons. The Balaban J connectivity index is 2.34. The molecule has 2 N–H and O–H groups in total. The Hall–Kier alpha value is -0.950. The molecule has 14 heavy (non-hydrogen) atoms. The number of hydrogen-bond acceptors (Lipinski definition) is 4. The maximum atomic E-state index is 5.37. The van der Waals surface area contributed by atoms with Crippen LogP contribution < -0.4 is 5.73 Å². The Morgan fingerprint density at radius 1 is 1.29 bits per heavy atom. The van der Waals surface area contributed by atoms with Gasteiger partial charge in [-0.1, -0.05) is 17.3 Å². The van der Waals surface area contributed by atoms with Gasteiger partial charge in [0.2, 0.25) is 11.7 Å². The molecular formula is C9H8IN3O. The molecule has 0 aliphatic rings. The molecule has 0 spiro atoms. The van der Waals surface area contributed by atoms with Crippen molar-refractivity contribution in [1.82, 2.24) is 10.1 Å². The topological polar surface area (TPSA) is 64.9 Å². The summed E-state index contributed by atoms with van der Waals surface area (Å²) in [6.45, 7) is 0.275. The lowest BCUT2D eigenvalue weighted by Crippen LogP contribution is -1.95. The van der Waals surface area contributed by atoms with E-state index in [9.17, 15) is 0 Å². The van der Waals surface area contributed by atoms with Crippen molar-refractivity contribution >= 4 is 22.6 Å². The summed E-state index contributed by atoms with van der Waals surface area (Å²) in [6, 6.07) is 7.89. The molecule has 1 heterocycles. The van der Waals surface area contributed by atoms with E-state index in [1.54, 1.807) is 0 Å². The van der Waals surface area contributed by atoms with Gasteiger partial charge in [0.25, 0.3) is 0 Å². The maximum absolute atomic E-state index is 5.37. The van der Waals surface area contributed by atoms with E-state index in [1.165, 1.54) is 3.57 Å². The molecule has 0 saturated heterocycles. The van der Waals surface area contributed by atoms with Crippen LogP contribution in [0.15, 0.2) is 28.8 Å². The van der Waals surface area contributed by atoms with E-state index in [2.05, 4.69) is 32.7 Å². The number of halogens is 1. The van der Waals surface area contributed by atoms with E-state index < -0.39 is 0 Å². The minimum absolute atomic E-state index is 0.275. The van der Waals surface area contributed by atoms with Crippen LogP contribution in [-0.4, -0.2) is 10.1 Å². The molecule has 0 amide bonds. The molecule has 0 saturated carbocycles. The first-order valence-corrected chi connectivity index (χ1v) is 5.16. The highest BCUT2D eigenvalue weighted by molar-refractivity contribution is 14.1. The number of aromatic nitrogens is 2. The van der Waals surface area contributed by atoms with E-state index in [1.807, 2.05) is 24.3 Å². The van der Waals surface area contributed by atoms with Crippen molar-refractivity contribution in [3.05, 3.63) is 33.7 Å². The van der Waals surface area contributed by atoms with Crippen molar-refractivity contribution in [2.45, 2.75) is 6.54 Å². The van der Waals surface area contributed by atoms with Gasteiger partial charge in [0.15, 0.2) is 0 Å². The lowest BCUT2D eigenvalue weighted by molar-refractivity contribution is 0.380. The SMILES string of the molecule is NCc1nc(-c2ccc(I)cc2)no1. The third-order valence-corrected chi connectivity index (χ3v) is 2.46. The first-order chi connectivity index (χ1) is 6.79. The van der Waals surface area contributed by atoms with E-state index in [4.69, 9.17) is 10.3 Å². The fourth-order valence-electron chi connectivity index (χ4n) is 1.05. The van der Waals surface area contributed by atoms with E-state index in [0.29, 0.717) is 11.7 Å². The summed E-state index contributed by atoms with van der Waals surface area (Å²) in [7, 11) is 0. The number of nitrogens with two attached hydrogens (primary N) is 1. The Bertz CT molecular complexity index is 424. The molecule has 0 bridgehead atoms. The zero-order valence-electron chi connectivity index (χ0n) is 7.27. The molecule has 0 aliphatic carbocycles. The van der Waals surface area contributed by atoms with Gasteiger partial charge in [0, 0.05) is 9.13 Å². The fraction of sp³-hybridized carbons (Fsp3) is 0.111. The Morgan fingerprint density at radius 2 is 2.00 bits per heavy atom. The second kappa shape index (κ2) is 4.05. The molecule has 2 rings (SSSR count). The highest BCUT2D eigenvalue weighted by atomic mass is 127. The Kier molecular flexibility index (Phi) is 2.78. The van der Waals surface area contributed by atoms with Crippen LogP contribution in [0.25, 0.3) is 11.4 Å². The zero-order chi connectivity index (χ0) is 9.97. The van der Waals surface area contributed by atoms with E-state index >= 15 is 0 Å². The quantitative estimate of drug-likeness (QED) is 0.859. The Morgan fingerprint density at radius 3 is 2.57 bits per heavy atom. The summed E-state index contributed by atoms with van der Waals surface area (Å²) in [5, 5.41) is 3.82. The summed E-state index contributed by atoms with van der Waals surface area (Å²) in [5.74, 6) is 1.04. The van der Waals surface area contributed by atoms with Gasteiger partial charge in [0.1, 0.15) is 0 Å². The molecule has 0 atom stereocenters. The first kappa shape index (κ1) is 9.60. The van der Waals surface area contributed by atoms with Gasteiger partial charge in [-0.25, -0.2) is 0 Å². The normalized spacial score (nSPS) is 10.4. The lowest BCUT2D eigenvalue weighted by Gasteiger charge is -1.93. The van der Waals surface area contributed by atoms with Gasteiger partial charge >= 0.3 is 0 Å². The second-order valence-electron chi connectivity index (χ2n) is 2.72. The van der Waals surface area contributed by atoms with E-state index in [-0.39, 0.29) is 6.54 Å². The van der Waals surface area contributed by atoms with Crippen molar-refractivity contribution in [1.29, 1.82) is 0 Å². The summed E-state index contributed by atoms with van der Waals surface area (Å²) in [5.41, 5.74) is 6.31. The highest BCUT2D eigenvalue weighted by Gasteiger charge is 2.06. The molecule has 4 nitrogen and oxygen atoms in total. The van der Waals surface area contributed by atoms with Crippen molar-refractivity contribution in [3.8, 4) is 11.4 Å². The average Bonchev–Trinajstić information content (AvgIpc) is 2.67. The van der Waals surface area contributed by atoms with Crippen LogP contribution in [0.4, 0.5) is 0 Å². The van der Waals surface area contributed by atoms with Crippen molar-refractivity contribution < 1.29 is 4.52 Å². The lowest BCUT2D eigenvalue weighted by atomic mass is 10.2. The molecule has 0 aliphatic heterocycles. The maximum Gasteiger partial charge on any atom is 0.240 e.